The maximum atomic E-state index is 5.59. The van der Waals surface area contributed by atoms with Crippen molar-refractivity contribution in [3.8, 4) is 0 Å². The molecule has 2 N–H and O–H groups in total. The zero-order valence-electron chi connectivity index (χ0n) is 18.3. The molecule has 0 amide bonds. The van der Waals surface area contributed by atoms with E-state index >= 15 is 0 Å². The first-order chi connectivity index (χ1) is 14.2. The van der Waals surface area contributed by atoms with Crippen LogP contribution in [-0.2, 0) is 24.4 Å². The van der Waals surface area contributed by atoms with Crippen LogP contribution in [0.25, 0.3) is 0 Å². The number of aliphatic imine (C=N–C) groups is 1. The van der Waals surface area contributed by atoms with Crippen molar-refractivity contribution in [3.05, 3.63) is 71.3 Å². The van der Waals surface area contributed by atoms with Crippen LogP contribution < -0.4 is 10.6 Å². The van der Waals surface area contributed by atoms with E-state index in [9.17, 15) is 0 Å². The quantitative estimate of drug-likeness (QED) is 0.311. The molecule has 2 unspecified atom stereocenters. The molecule has 1 aliphatic rings. The Balaban J connectivity index is 0.00000320. The van der Waals surface area contributed by atoms with Gasteiger partial charge in [-0.3, -0.25) is 9.89 Å². The summed E-state index contributed by atoms with van der Waals surface area (Å²) in [5.74, 6) is 0.856. The molecular formula is C24H35IN4O. The second-order valence-corrected chi connectivity index (χ2v) is 7.67. The Labute approximate surface area is 198 Å². The van der Waals surface area contributed by atoms with Gasteiger partial charge in [0.15, 0.2) is 5.96 Å². The molecule has 0 spiro atoms. The molecule has 1 saturated heterocycles. The van der Waals surface area contributed by atoms with Crippen LogP contribution in [-0.4, -0.2) is 43.1 Å². The minimum Gasteiger partial charge on any atom is -0.377 e. The second kappa shape index (κ2) is 12.9. The van der Waals surface area contributed by atoms with E-state index in [0.29, 0.717) is 18.7 Å². The van der Waals surface area contributed by atoms with E-state index < -0.39 is 0 Å². The molecule has 164 valence electrons. The largest absolute Gasteiger partial charge is 0.377 e. The highest BCUT2D eigenvalue weighted by Gasteiger charge is 2.29. The smallest absolute Gasteiger partial charge is 0.191 e. The van der Waals surface area contributed by atoms with Crippen LogP contribution in [0.5, 0.6) is 0 Å². The van der Waals surface area contributed by atoms with Gasteiger partial charge in [0.2, 0.25) is 0 Å². The van der Waals surface area contributed by atoms with Gasteiger partial charge < -0.3 is 15.4 Å². The fourth-order valence-corrected chi connectivity index (χ4v) is 3.89. The highest BCUT2D eigenvalue weighted by atomic mass is 127. The van der Waals surface area contributed by atoms with E-state index in [1.54, 1.807) is 0 Å². The average Bonchev–Trinajstić information content (AvgIpc) is 3.09. The van der Waals surface area contributed by atoms with Crippen LogP contribution in [0.1, 0.15) is 37.0 Å². The van der Waals surface area contributed by atoms with Gasteiger partial charge in [-0.15, -0.1) is 24.0 Å². The summed E-state index contributed by atoms with van der Waals surface area (Å²) in [6.07, 6.45) is 1.12. The summed E-state index contributed by atoms with van der Waals surface area (Å²) in [6.45, 7) is 8.47. The van der Waals surface area contributed by atoms with Crippen LogP contribution in [0.15, 0.2) is 59.6 Å². The van der Waals surface area contributed by atoms with E-state index in [4.69, 9.17) is 4.74 Å². The van der Waals surface area contributed by atoms with Gasteiger partial charge in [0.25, 0.3) is 0 Å². The first-order valence-electron chi connectivity index (χ1n) is 10.6. The predicted molar refractivity (Wildman–Crippen MR) is 135 cm³/mol. The number of nitrogens with zero attached hydrogens (tertiary/aromatic N) is 2. The van der Waals surface area contributed by atoms with Crippen molar-refractivity contribution < 1.29 is 4.74 Å². The number of rotatable bonds is 8. The Bertz CT molecular complexity index is 784. The first-order valence-corrected chi connectivity index (χ1v) is 10.6. The number of hydrogen-bond donors (Lipinski definition) is 2. The lowest BCUT2D eigenvalue weighted by Gasteiger charge is -2.21. The molecule has 1 aliphatic heterocycles. The third-order valence-corrected chi connectivity index (χ3v) is 5.52. The molecule has 2 aromatic carbocycles. The maximum Gasteiger partial charge on any atom is 0.191 e. The maximum absolute atomic E-state index is 5.59. The van der Waals surface area contributed by atoms with Crippen molar-refractivity contribution in [3.63, 3.8) is 0 Å². The standard InChI is InChI=1S/C24H34N4O.HI/c1-4-29-18-22-13-9-8-12-21(22)15-26-24(25-3)27-23-14-19(2)28(17-23)16-20-10-6-5-7-11-20;/h5-13,19,23H,4,14-18H2,1-3H3,(H2,25,26,27);1H. The molecular weight excluding hydrogens is 487 g/mol. The molecule has 6 heteroatoms. The SMILES string of the molecule is CCOCc1ccccc1CNC(=NC)NC1CC(C)N(Cc2ccccc2)C1.I. The van der Waals surface area contributed by atoms with Crippen LogP contribution in [0.2, 0.25) is 0 Å². The predicted octanol–water partition coefficient (Wildman–Crippen LogP) is 4.17. The minimum absolute atomic E-state index is 0. The molecule has 2 atom stereocenters. The second-order valence-electron chi connectivity index (χ2n) is 7.67. The van der Waals surface area contributed by atoms with Crippen LogP contribution in [0, 0.1) is 0 Å². The van der Waals surface area contributed by atoms with E-state index in [-0.39, 0.29) is 24.0 Å². The number of hydrogen-bond acceptors (Lipinski definition) is 3. The lowest BCUT2D eigenvalue weighted by atomic mass is 10.1. The summed E-state index contributed by atoms with van der Waals surface area (Å²) in [4.78, 5) is 6.98. The fourth-order valence-electron chi connectivity index (χ4n) is 3.89. The van der Waals surface area contributed by atoms with Crippen LogP contribution >= 0.6 is 24.0 Å². The monoisotopic (exact) mass is 522 g/mol. The molecule has 2 aromatic rings. The molecule has 0 aliphatic carbocycles. The fraction of sp³-hybridized carbons (Fsp3) is 0.458. The number of benzene rings is 2. The Morgan fingerprint density at radius 2 is 1.80 bits per heavy atom. The summed E-state index contributed by atoms with van der Waals surface area (Å²) >= 11 is 0. The highest BCUT2D eigenvalue weighted by Crippen LogP contribution is 2.20. The third-order valence-electron chi connectivity index (χ3n) is 5.52. The number of nitrogens with one attached hydrogen (secondary N) is 2. The van der Waals surface area contributed by atoms with Gasteiger partial charge in [-0.25, -0.2) is 0 Å². The van der Waals surface area contributed by atoms with Gasteiger partial charge in [-0.05, 0) is 37.0 Å². The Morgan fingerprint density at radius 1 is 1.10 bits per heavy atom. The molecule has 30 heavy (non-hydrogen) atoms. The van der Waals surface area contributed by atoms with Crippen molar-refractivity contribution >= 4 is 29.9 Å². The molecule has 0 bridgehead atoms. The van der Waals surface area contributed by atoms with Gasteiger partial charge in [0.05, 0.1) is 6.61 Å². The summed E-state index contributed by atoms with van der Waals surface area (Å²) in [5.41, 5.74) is 3.84. The van der Waals surface area contributed by atoms with E-state index in [0.717, 1.165) is 38.6 Å². The highest BCUT2D eigenvalue weighted by molar-refractivity contribution is 14.0. The van der Waals surface area contributed by atoms with Gasteiger partial charge in [0, 0.05) is 45.4 Å². The summed E-state index contributed by atoms with van der Waals surface area (Å²) in [7, 11) is 1.83. The van der Waals surface area contributed by atoms with Crippen LogP contribution in [0.3, 0.4) is 0 Å². The Morgan fingerprint density at radius 3 is 2.50 bits per heavy atom. The number of ether oxygens (including phenoxy) is 1. The van der Waals surface area contributed by atoms with Crippen molar-refractivity contribution in [2.45, 2.75) is 52.0 Å². The van der Waals surface area contributed by atoms with Gasteiger partial charge >= 0.3 is 0 Å². The van der Waals surface area contributed by atoms with Crippen LogP contribution in [0.4, 0.5) is 0 Å². The Hall–Kier alpha value is -1.64. The lowest BCUT2D eigenvalue weighted by Crippen LogP contribution is -2.44. The van der Waals surface area contributed by atoms with Crippen molar-refractivity contribution in [2.24, 2.45) is 4.99 Å². The zero-order valence-corrected chi connectivity index (χ0v) is 20.6. The summed E-state index contributed by atoms with van der Waals surface area (Å²) in [6, 6.07) is 20.1. The Kier molecular flexibility index (Phi) is 10.6. The minimum atomic E-state index is 0. The van der Waals surface area contributed by atoms with E-state index in [1.807, 2.05) is 14.0 Å². The van der Waals surface area contributed by atoms with Gasteiger partial charge in [0.1, 0.15) is 0 Å². The number of likely N-dealkylation sites (tertiary alicyclic amines) is 1. The zero-order chi connectivity index (χ0) is 20.5. The molecule has 3 rings (SSSR count). The summed E-state index contributed by atoms with van der Waals surface area (Å²) in [5, 5.41) is 7.08. The van der Waals surface area contributed by atoms with E-state index in [1.165, 1.54) is 16.7 Å². The topological polar surface area (TPSA) is 48.9 Å². The molecule has 5 nitrogen and oxygen atoms in total. The summed E-state index contributed by atoms with van der Waals surface area (Å²) < 4.78 is 5.59. The number of halogens is 1. The first kappa shape index (κ1) is 24.6. The third kappa shape index (κ3) is 7.25. The molecule has 1 fully saturated rings. The molecule has 0 saturated carbocycles. The molecule has 0 aromatic heterocycles. The molecule has 0 radical (unpaired) electrons. The number of guanidine groups is 1. The lowest BCUT2D eigenvalue weighted by molar-refractivity contribution is 0.133. The van der Waals surface area contributed by atoms with Crippen molar-refractivity contribution in [1.29, 1.82) is 0 Å². The van der Waals surface area contributed by atoms with Gasteiger partial charge in [-0.1, -0.05) is 54.6 Å². The van der Waals surface area contributed by atoms with E-state index in [2.05, 4.69) is 82.0 Å². The van der Waals surface area contributed by atoms with Crippen molar-refractivity contribution in [1.82, 2.24) is 15.5 Å². The normalized spacial score (nSPS) is 19.4. The van der Waals surface area contributed by atoms with Gasteiger partial charge in [-0.2, -0.15) is 0 Å². The van der Waals surface area contributed by atoms with Crippen molar-refractivity contribution in [2.75, 3.05) is 20.2 Å². The average molecular weight is 522 g/mol. The molecule has 1 heterocycles.